The van der Waals surface area contributed by atoms with E-state index >= 15 is 0 Å². The largest absolute Gasteiger partial charge is 0.299 e. The number of nitrogens with zero attached hydrogens (tertiary/aromatic N) is 1. The summed E-state index contributed by atoms with van der Waals surface area (Å²) in [7, 11) is 0. The van der Waals surface area contributed by atoms with E-state index in [0.717, 1.165) is 24.9 Å². The molecule has 0 radical (unpaired) electrons. The van der Waals surface area contributed by atoms with Crippen LogP contribution in [0.5, 0.6) is 0 Å². The standard InChI is InChI=1S/C15H17NO2/c1-11(17)12-6-8-14(9-7-12)16-10-13-4-2-3-5-15(13)18/h6-10,13H,2-5H2,1H3/t13-/m0/s1. The Hall–Kier alpha value is -1.77. The Kier molecular flexibility index (Phi) is 4.03. The van der Waals surface area contributed by atoms with Crippen molar-refractivity contribution >= 4 is 23.5 Å². The van der Waals surface area contributed by atoms with Gasteiger partial charge in [0, 0.05) is 18.2 Å². The van der Waals surface area contributed by atoms with E-state index in [1.807, 2.05) is 0 Å². The smallest absolute Gasteiger partial charge is 0.159 e. The number of carbonyl (C=O) groups is 2. The predicted molar refractivity (Wildman–Crippen MR) is 71.6 cm³/mol. The molecule has 1 aliphatic rings. The summed E-state index contributed by atoms with van der Waals surface area (Å²) in [5.41, 5.74) is 1.47. The number of ketones is 2. The first-order valence-corrected chi connectivity index (χ1v) is 6.35. The Labute approximate surface area is 107 Å². The van der Waals surface area contributed by atoms with E-state index in [1.165, 1.54) is 0 Å². The van der Waals surface area contributed by atoms with Gasteiger partial charge < -0.3 is 0 Å². The van der Waals surface area contributed by atoms with Gasteiger partial charge >= 0.3 is 0 Å². The van der Waals surface area contributed by atoms with Crippen molar-refractivity contribution in [3.8, 4) is 0 Å². The monoisotopic (exact) mass is 243 g/mol. The first-order chi connectivity index (χ1) is 8.66. The zero-order chi connectivity index (χ0) is 13.0. The van der Waals surface area contributed by atoms with E-state index in [-0.39, 0.29) is 11.7 Å². The van der Waals surface area contributed by atoms with Crippen molar-refractivity contribution in [2.75, 3.05) is 0 Å². The molecule has 3 heteroatoms. The van der Waals surface area contributed by atoms with Gasteiger partial charge in [-0.2, -0.15) is 0 Å². The maximum atomic E-state index is 11.6. The molecule has 3 nitrogen and oxygen atoms in total. The van der Waals surface area contributed by atoms with Crippen LogP contribution in [0.2, 0.25) is 0 Å². The molecule has 1 aromatic rings. The number of benzene rings is 1. The summed E-state index contributed by atoms with van der Waals surface area (Å²) in [6, 6.07) is 7.14. The van der Waals surface area contributed by atoms with E-state index in [2.05, 4.69) is 4.99 Å². The van der Waals surface area contributed by atoms with Crippen LogP contribution in [-0.2, 0) is 4.79 Å². The number of carbonyl (C=O) groups excluding carboxylic acids is 2. The molecule has 0 unspecified atom stereocenters. The fraction of sp³-hybridized carbons (Fsp3) is 0.400. The second kappa shape index (κ2) is 5.71. The molecule has 2 rings (SSSR count). The number of aliphatic imine (C=N–C) groups is 1. The normalized spacial score (nSPS) is 20.3. The lowest BCUT2D eigenvalue weighted by atomic mass is 9.89. The second-order valence-electron chi connectivity index (χ2n) is 4.70. The predicted octanol–water partition coefficient (Wildman–Crippen LogP) is 3.35. The minimum Gasteiger partial charge on any atom is -0.299 e. The molecular formula is C15H17NO2. The van der Waals surface area contributed by atoms with Crippen LogP contribution in [-0.4, -0.2) is 17.8 Å². The first-order valence-electron chi connectivity index (χ1n) is 6.35. The van der Waals surface area contributed by atoms with E-state index in [9.17, 15) is 9.59 Å². The van der Waals surface area contributed by atoms with Crippen LogP contribution in [0.3, 0.4) is 0 Å². The Balaban J connectivity index is 2.04. The number of Topliss-reactive ketones (excluding diaryl/α,β-unsaturated/α-hetero) is 2. The van der Waals surface area contributed by atoms with E-state index in [1.54, 1.807) is 37.4 Å². The average Bonchev–Trinajstić information content (AvgIpc) is 2.38. The highest BCUT2D eigenvalue weighted by molar-refractivity contribution is 5.96. The van der Waals surface area contributed by atoms with Gasteiger partial charge in [0.15, 0.2) is 5.78 Å². The summed E-state index contributed by atoms with van der Waals surface area (Å²) >= 11 is 0. The first kappa shape index (κ1) is 12.7. The van der Waals surface area contributed by atoms with Gasteiger partial charge in [0.1, 0.15) is 5.78 Å². The fourth-order valence-corrected chi connectivity index (χ4v) is 2.13. The average molecular weight is 243 g/mol. The molecule has 1 aromatic carbocycles. The minimum absolute atomic E-state index is 0.0220. The van der Waals surface area contributed by atoms with Crippen LogP contribution < -0.4 is 0 Å². The lowest BCUT2D eigenvalue weighted by Gasteiger charge is -2.15. The molecule has 1 aliphatic carbocycles. The van der Waals surface area contributed by atoms with Crippen molar-refractivity contribution in [3.63, 3.8) is 0 Å². The van der Waals surface area contributed by atoms with Crippen molar-refractivity contribution in [3.05, 3.63) is 29.8 Å². The molecule has 0 spiro atoms. The van der Waals surface area contributed by atoms with E-state index in [4.69, 9.17) is 0 Å². The summed E-state index contributed by atoms with van der Waals surface area (Å²) in [6.45, 7) is 1.54. The minimum atomic E-state index is -0.0220. The topological polar surface area (TPSA) is 46.5 Å². The van der Waals surface area contributed by atoms with Crippen molar-refractivity contribution in [1.29, 1.82) is 0 Å². The van der Waals surface area contributed by atoms with E-state index < -0.39 is 0 Å². The Morgan fingerprint density at radius 1 is 1.28 bits per heavy atom. The van der Waals surface area contributed by atoms with Crippen LogP contribution in [0.4, 0.5) is 5.69 Å². The summed E-state index contributed by atoms with van der Waals surface area (Å²) in [6.07, 6.45) is 5.46. The van der Waals surface area contributed by atoms with Crippen LogP contribution in [0, 0.1) is 5.92 Å². The fourth-order valence-electron chi connectivity index (χ4n) is 2.13. The van der Waals surface area contributed by atoms with Crippen LogP contribution >= 0.6 is 0 Å². The summed E-state index contributed by atoms with van der Waals surface area (Å²) in [5, 5.41) is 0. The molecule has 0 bridgehead atoms. The van der Waals surface area contributed by atoms with Gasteiger partial charge in [-0.3, -0.25) is 14.6 Å². The number of hydrogen-bond acceptors (Lipinski definition) is 3. The zero-order valence-corrected chi connectivity index (χ0v) is 10.6. The molecule has 94 valence electrons. The van der Waals surface area contributed by atoms with Gasteiger partial charge in [-0.1, -0.05) is 6.42 Å². The third-order valence-corrected chi connectivity index (χ3v) is 3.28. The lowest BCUT2D eigenvalue weighted by molar-refractivity contribution is -0.122. The van der Waals surface area contributed by atoms with Crippen molar-refractivity contribution in [2.45, 2.75) is 32.6 Å². The molecular weight excluding hydrogens is 226 g/mol. The molecule has 0 aromatic heterocycles. The Morgan fingerprint density at radius 3 is 2.61 bits per heavy atom. The van der Waals surface area contributed by atoms with Crippen molar-refractivity contribution < 1.29 is 9.59 Å². The van der Waals surface area contributed by atoms with E-state index in [0.29, 0.717) is 17.8 Å². The SMILES string of the molecule is CC(=O)c1ccc(N=C[C@@H]2CCCCC2=O)cc1. The van der Waals surface area contributed by atoms with Gasteiger partial charge in [0.2, 0.25) is 0 Å². The van der Waals surface area contributed by atoms with Crippen molar-refractivity contribution in [2.24, 2.45) is 10.9 Å². The molecule has 0 amide bonds. The number of rotatable bonds is 3. The van der Waals surface area contributed by atoms with Gasteiger partial charge in [-0.05, 0) is 44.0 Å². The summed E-state index contributed by atoms with van der Waals surface area (Å²) in [4.78, 5) is 27.1. The molecule has 18 heavy (non-hydrogen) atoms. The maximum Gasteiger partial charge on any atom is 0.159 e. The Bertz CT molecular complexity index is 474. The maximum absolute atomic E-state index is 11.6. The molecule has 0 saturated heterocycles. The highest BCUT2D eigenvalue weighted by Gasteiger charge is 2.19. The van der Waals surface area contributed by atoms with Gasteiger partial charge in [-0.15, -0.1) is 0 Å². The van der Waals surface area contributed by atoms with Crippen LogP contribution in [0.15, 0.2) is 29.3 Å². The molecule has 0 heterocycles. The summed E-state index contributed by atoms with van der Waals surface area (Å²) < 4.78 is 0. The quantitative estimate of drug-likeness (QED) is 0.603. The molecule has 0 aliphatic heterocycles. The third kappa shape index (κ3) is 3.13. The summed E-state index contributed by atoms with van der Waals surface area (Å²) in [5.74, 6) is 0.324. The van der Waals surface area contributed by atoms with Gasteiger partial charge in [0.25, 0.3) is 0 Å². The third-order valence-electron chi connectivity index (χ3n) is 3.28. The van der Waals surface area contributed by atoms with Crippen LogP contribution in [0.25, 0.3) is 0 Å². The van der Waals surface area contributed by atoms with Gasteiger partial charge in [-0.25, -0.2) is 0 Å². The van der Waals surface area contributed by atoms with Crippen LogP contribution in [0.1, 0.15) is 43.0 Å². The van der Waals surface area contributed by atoms with Gasteiger partial charge in [0.05, 0.1) is 11.6 Å². The Morgan fingerprint density at radius 2 is 2.00 bits per heavy atom. The van der Waals surface area contributed by atoms with Crippen molar-refractivity contribution in [1.82, 2.24) is 0 Å². The highest BCUT2D eigenvalue weighted by atomic mass is 16.1. The molecule has 0 N–H and O–H groups in total. The number of hydrogen-bond donors (Lipinski definition) is 0. The second-order valence-corrected chi connectivity index (χ2v) is 4.70. The molecule has 1 atom stereocenters. The molecule has 1 fully saturated rings. The highest BCUT2D eigenvalue weighted by Crippen LogP contribution is 2.20. The molecule has 1 saturated carbocycles. The lowest BCUT2D eigenvalue weighted by Crippen LogP contribution is -2.19. The zero-order valence-electron chi connectivity index (χ0n) is 10.6.